The van der Waals surface area contributed by atoms with Crippen LogP contribution in [0.1, 0.15) is 6.92 Å². The van der Waals surface area contributed by atoms with E-state index in [1.807, 2.05) is 34.9 Å². The number of nitrogens with two attached hydrogens (primary N) is 1. The maximum Gasteiger partial charge on any atom is 0.238 e. The number of carbonyl (C=O) groups is 1. The van der Waals surface area contributed by atoms with E-state index < -0.39 is 15.3 Å². The van der Waals surface area contributed by atoms with Crippen LogP contribution in [0, 0.1) is 0 Å². The van der Waals surface area contributed by atoms with E-state index in [1.54, 1.807) is 13.0 Å². The van der Waals surface area contributed by atoms with Gasteiger partial charge in [-0.05, 0) is 31.2 Å². The molecular weight excluding hydrogens is 422 g/mol. The lowest BCUT2D eigenvalue weighted by Gasteiger charge is -2.13. The van der Waals surface area contributed by atoms with Crippen LogP contribution in [0.25, 0.3) is 11.4 Å². The summed E-state index contributed by atoms with van der Waals surface area (Å²) in [5.74, 6) is 0.446. The number of aromatic nitrogens is 3. The van der Waals surface area contributed by atoms with Gasteiger partial charge in [-0.15, -0.1) is 16.8 Å². The minimum absolute atomic E-state index is 0.0195. The minimum atomic E-state index is -3.78. The molecule has 0 radical (unpaired) electrons. The average molecular weight is 444 g/mol. The molecule has 1 heterocycles. The van der Waals surface area contributed by atoms with Gasteiger partial charge in [0.1, 0.15) is 0 Å². The van der Waals surface area contributed by atoms with Gasteiger partial charge in [-0.1, -0.05) is 48.2 Å². The minimum Gasteiger partial charge on any atom is -0.325 e. The number of hydrogen-bond donors (Lipinski definition) is 2. The molecule has 3 rings (SSSR count). The average Bonchev–Trinajstić information content (AvgIpc) is 3.11. The molecule has 0 spiro atoms. The Hall–Kier alpha value is -2.95. The Bertz CT molecular complexity index is 1140. The number of anilines is 1. The number of rotatable bonds is 8. The maximum atomic E-state index is 12.6. The molecule has 0 aliphatic heterocycles. The molecule has 1 atom stereocenters. The van der Waals surface area contributed by atoms with Gasteiger partial charge in [0.15, 0.2) is 11.0 Å². The second-order valence-electron chi connectivity index (χ2n) is 6.39. The molecule has 0 aliphatic rings. The van der Waals surface area contributed by atoms with E-state index in [-0.39, 0.29) is 10.8 Å². The van der Waals surface area contributed by atoms with Gasteiger partial charge in [0.05, 0.1) is 10.1 Å². The van der Waals surface area contributed by atoms with Gasteiger partial charge < -0.3 is 5.32 Å². The zero-order chi connectivity index (χ0) is 21.7. The summed E-state index contributed by atoms with van der Waals surface area (Å²) in [6.45, 7) is 6.05. The van der Waals surface area contributed by atoms with E-state index in [2.05, 4.69) is 22.1 Å². The number of benzene rings is 2. The number of allylic oxidation sites excluding steroid dienone is 1. The second-order valence-corrected chi connectivity index (χ2v) is 9.26. The van der Waals surface area contributed by atoms with Gasteiger partial charge >= 0.3 is 0 Å². The van der Waals surface area contributed by atoms with Crippen molar-refractivity contribution in [2.75, 3.05) is 5.32 Å². The van der Waals surface area contributed by atoms with Crippen molar-refractivity contribution in [1.29, 1.82) is 0 Å². The van der Waals surface area contributed by atoms with Gasteiger partial charge in [-0.3, -0.25) is 9.36 Å². The number of primary sulfonamides is 1. The van der Waals surface area contributed by atoms with Crippen LogP contribution in [0.3, 0.4) is 0 Å². The summed E-state index contributed by atoms with van der Waals surface area (Å²) in [5.41, 5.74) is 1.39. The molecule has 0 bridgehead atoms. The van der Waals surface area contributed by atoms with Gasteiger partial charge in [0.2, 0.25) is 15.9 Å². The summed E-state index contributed by atoms with van der Waals surface area (Å²) in [5, 5.41) is 16.5. The first-order chi connectivity index (χ1) is 14.3. The third kappa shape index (κ3) is 5.15. The molecular formula is C20H21N5O3S2. The normalized spacial score (nSPS) is 12.3. The van der Waals surface area contributed by atoms with Crippen molar-refractivity contribution in [1.82, 2.24) is 14.8 Å². The highest BCUT2D eigenvalue weighted by atomic mass is 32.2. The predicted molar refractivity (Wildman–Crippen MR) is 117 cm³/mol. The van der Waals surface area contributed by atoms with Crippen LogP contribution in [-0.4, -0.2) is 34.3 Å². The third-order valence-electron chi connectivity index (χ3n) is 4.16. The number of thioether (sulfide) groups is 1. The van der Waals surface area contributed by atoms with E-state index in [0.717, 1.165) is 5.56 Å². The van der Waals surface area contributed by atoms with Crippen LogP contribution in [-0.2, 0) is 21.4 Å². The summed E-state index contributed by atoms with van der Waals surface area (Å²) in [7, 11) is -3.78. The third-order valence-corrected chi connectivity index (χ3v) is 6.17. The van der Waals surface area contributed by atoms with Gasteiger partial charge in [-0.2, -0.15) is 0 Å². The first kappa shape index (κ1) is 21.8. The molecule has 156 valence electrons. The van der Waals surface area contributed by atoms with E-state index in [1.165, 1.54) is 36.0 Å². The lowest BCUT2D eigenvalue weighted by molar-refractivity contribution is -0.115. The molecule has 0 fully saturated rings. The molecule has 0 saturated carbocycles. The zero-order valence-corrected chi connectivity index (χ0v) is 17.9. The summed E-state index contributed by atoms with van der Waals surface area (Å²) >= 11 is 1.27. The number of sulfonamides is 1. The van der Waals surface area contributed by atoms with Gasteiger partial charge in [0, 0.05) is 17.8 Å². The van der Waals surface area contributed by atoms with Crippen molar-refractivity contribution >= 4 is 33.4 Å². The molecule has 0 saturated heterocycles. The summed E-state index contributed by atoms with van der Waals surface area (Å²) in [4.78, 5) is 12.6. The van der Waals surface area contributed by atoms with Crippen molar-refractivity contribution in [3.63, 3.8) is 0 Å². The van der Waals surface area contributed by atoms with Crippen molar-refractivity contribution in [3.8, 4) is 11.4 Å². The number of carbonyl (C=O) groups excluding carboxylic acids is 1. The largest absolute Gasteiger partial charge is 0.325 e. The standard InChI is InChI=1S/C20H21N5O3S2/c1-3-13-25-18(15-7-5-4-6-8-15)23-24-20(25)29-14(2)19(26)22-16-9-11-17(12-10-16)30(21,27)28/h3-12,14H,1,13H2,2H3,(H,22,26)(H2,21,27,28)/t14-/m0/s1. The SMILES string of the molecule is C=CCn1c(S[C@@H](C)C(=O)Nc2ccc(S(N)(=O)=O)cc2)nnc1-c1ccccc1. The molecule has 3 N–H and O–H groups in total. The summed E-state index contributed by atoms with van der Waals surface area (Å²) in [6.07, 6.45) is 1.75. The Balaban J connectivity index is 1.74. The van der Waals surface area contributed by atoms with Crippen LogP contribution in [0.5, 0.6) is 0 Å². The fraction of sp³-hybridized carbons (Fsp3) is 0.150. The quantitative estimate of drug-likeness (QED) is 0.408. The van der Waals surface area contributed by atoms with E-state index >= 15 is 0 Å². The van der Waals surface area contributed by atoms with Crippen LogP contribution in [0.4, 0.5) is 5.69 Å². The Morgan fingerprint density at radius 2 is 1.87 bits per heavy atom. The fourth-order valence-corrected chi connectivity index (χ4v) is 4.03. The molecule has 1 amide bonds. The molecule has 0 unspecified atom stereocenters. The maximum absolute atomic E-state index is 12.6. The molecule has 10 heteroatoms. The number of nitrogens with one attached hydrogen (secondary N) is 1. The Kier molecular flexibility index (Phi) is 6.70. The van der Waals surface area contributed by atoms with Gasteiger partial charge in [-0.25, -0.2) is 13.6 Å². The Morgan fingerprint density at radius 3 is 2.47 bits per heavy atom. The van der Waals surface area contributed by atoms with E-state index in [9.17, 15) is 13.2 Å². The number of hydrogen-bond acceptors (Lipinski definition) is 6. The molecule has 2 aromatic carbocycles. The zero-order valence-electron chi connectivity index (χ0n) is 16.2. The van der Waals surface area contributed by atoms with E-state index in [0.29, 0.717) is 23.2 Å². The molecule has 0 aliphatic carbocycles. The summed E-state index contributed by atoms with van der Waals surface area (Å²) in [6, 6.07) is 15.3. The Labute approximate surface area is 179 Å². The number of nitrogens with zero attached hydrogens (tertiary/aromatic N) is 3. The molecule has 8 nitrogen and oxygen atoms in total. The van der Waals surface area contributed by atoms with E-state index in [4.69, 9.17) is 5.14 Å². The second kappa shape index (κ2) is 9.24. The Morgan fingerprint density at radius 1 is 1.20 bits per heavy atom. The first-order valence-electron chi connectivity index (χ1n) is 8.99. The smallest absolute Gasteiger partial charge is 0.238 e. The number of amides is 1. The molecule has 3 aromatic rings. The highest BCUT2D eigenvalue weighted by molar-refractivity contribution is 8.00. The van der Waals surface area contributed by atoms with Crippen molar-refractivity contribution in [3.05, 3.63) is 67.3 Å². The monoisotopic (exact) mass is 443 g/mol. The topological polar surface area (TPSA) is 120 Å². The van der Waals surface area contributed by atoms with Crippen molar-refractivity contribution < 1.29 is 13.2 Å². The van der Waals surface area contributed by atoms with Crippen molar-refractivity contribution in [2.45, 2.75) is 28.8 Å². The fourth-order valence-electron chi connectivity index (χ4n) is 2.65. The van der Waals surface area contributed by atoms with Crippen LogP contribution < -0.4 is 10.5 Å². The molecule has 1 aromatic heterocycles. The van der Waals surface area contributed by atoms with Gasteiger partial charge in [0.25, 0.3) is 0 Å². The highest BCUT2D eigenvalue weighted by Gasteiger charge is 2.20. The lowest BCUT2D eigenvalue weighted by atomic mass is 10.2. The lowest BCUT2D eigenvalue weighted by Crippen LogP contribution is -2.23. The van der Waals surface area contributed by atoms with Crippen LogP contribution in [0.2, 0.25) is 0 Å². The molecule has 30 heavy (non-hydrogen) atoms. The first-order valence-corrected chi connectivity index (χ1v) is 11.4. The summed E-state index contributed by atoms with van der Waals surface area (Å²) < 4.78 is 24.6. The van der Waals surface area contributed by atoms with Crippen LogP contribution in [0.15, 0.2) is 77.3 Å². The predicted octanol–water partition coefficient (Wildman–Crippen LogP) is 2.90. The van der Waals surface area contributed by atoms with Crippen molar-refractivity contribution in [2.24, 2.45) is 5.14 Å². The highest BCUT2D eigenvalue weighted by Crippen LogP contribution is 2.27. The van der Waals surface area contributed by atoms with Crippen LogP contribution >= 0.6 is 11.8 Å².